The molecule has 1 aliphatic heterocycles. The topological polar surface area (TPSA) is 63.4 Å². The lowest BCUT2D eigenvalue weighted by molar-refractivity contribution is 0.342. The van der Waals surface area contributed by atoms with E-state index in [1.54, 1.807) is 4.31 Å². The number of hydrogen-bond donors (Lipinski definition) is 1. The molecule has 1 fully saturated rings. The molecule has 0 spiro atoms. The smallest absolute Gasteiger partial charge is 0.215 e. The van der Waals surface area contributed by atoms with Gasteiger partial charge in [-0.25, -0.2) is 8.42 Å². The Balaban J connectivity index is 2.72. The third-order valence-corrected chi connectivity index (χ3v) is 4.73. The number of hydrogen-bond acceptors (Lipinski definition) is 3. The summed E-state index contributed by atoms with van der Waals surface area (Å²) in [6, 6.07) is 0.147. The van der Waals surface area contributed by atoms with Crippen molar-refractivity contribution in [2.24, 2.45) is 5.73 Å². The van der Waals surface area contributed by atoms with Crippen LogP contribution in [0.3, 0.4) is 0 Å². The molecule has 0 saturated carbocycles. The van der Waals surface area contributed by atoms with E-state index < -0.39 is 10.0 Å². The minimum Gasteiger partial charge on any atom is -0.329 e. The van der Waals surface area contributed by atoms with Crippen molar-refractivity contribution in [3.63, 3.8) is 0 Å². The van der Waals surface area contributed by atoms with Gasteiger partial charge in [-0.3, -0.25) is 0 Å². The van der Waals surface area contributed by atoms with Crippen molar-refractivity contribution >= 4 is 10.0 Å². The molecule has 1 atom stereocenters. The van der Waals surface area contributed by atoms with E-state index in [4.69, 9.17) is 5.73 Å². The van der Waals surface area contributed by atoms with Crippen LogP contribution < -0.4 is 5.73 Å². The lowest BCUT2D eigenvalue weighted by Gasteiger charge is -2.25. The molecule has 0 aromatic rings. The Morgan fingerprint density at radius 3 is 2.71 bits per heavy atom. The van der Waals surface area contributed by atoms with Crippen molar-refractivity contribution < 1.29 is 8.42 Å². The van der Waals surface area contributed by atoms with Gasteiger partial charge in [-0.05, 0) is 19.8 Å². The second-order valence-electron chi connectivity index (χ2n) is 3.91. The van der Waals surface area contributed by atoms with Crippen molar-refractivity contribution in [1.82, 2.24) is 4.31 Å². The Labute approximate surface area is 86.5 Å². The molecule has 0 radical (unpaired) electrons. The molecule has 1 aliphatic rings. The normalized spacial score (nSPS) is 26.0. The van der Waals surface area contributed by atoms with Crippen molar-refractivity contribution in [3.05, 3.63) is 0 Å². The van der Waals surface area contributed by atoms with E-state index >= 15 is 0 Å². The van der Waals surface area contributed by atoms with Crippen LogP contribution >= 0.6 is 0 Å². The highest BCUT2D eigenvalue weighted by atomic mass is 32.2. The number of nitrogens with two attached hydrogens (primary N) is 1. The maximum Gasteiger partial charge on any atom is 0.215 e. The summed E-state index contributed by atoms with van der Waals surface area (Å²) in [6.07, 6.45) is 4.23. The quantitative estimate of drug-likeness (QED) is 0.755. The van der Waals surface area contributed by atoms with Crippen LogP contribution in [-0.2, 0) is 10.0 Å². The molecule has 4 nitrogen and oxygen atoms in total. The Bertz CT molecular complexity index is 264. The van der Waals surface area contributed by atoms with E-state index in [2.05, 4.69) is 0 Å². The van der Waals surface area contributed by atoms with Gasteiger partial charge in [0.25, 0.3) is 0 Å². The van der Waals surface area contributed by atoms with Gasteiger partial charge in [0.05, 0.1) is 5.75 Å². The van der Waals surface area contributed by atoms with Crippen molar-refractivity contribution in [2.75, 3.05) is 18.8 Å². The van der Waals surface area contributed by atoms with E-state index in [1.807, 2.05) is 6.92 Å². The average molecular weight is 220 g/mol. The second kappa shape index (κ2) is 5.09. The number of sulfonamides is 1. The van der Waals surface area contributed by atoms with Crippen LogP contribution in [0.15, 0.2) is 0 Å². The molecule has 0 aliphatic carbocycles. The van der Waals surface area contributed by atoms with Gasteiger partial charge in [0.15, 0.2) is 0 Å². The van der Waals surface area contributed by atoms with Gasteiger partial charge in [0.2, 0.25) is 10.0 Å². The summed E-state index contributed by atoms with van der Waals surface area (Å²) in [7, 11) is -3.10. The highest BCUT2D eigenvalue weighted by Crippen LogP contribution is 2.19. The molecule has 0 bridgehead atoms. The molecular weight excluding hydrogens is 200 g/mol. The fourth-order valence-electron chi connectivity index (χ4n) is 1.93. The largest absolute Gasteiger partial charge is 0.329 e. The molecule has 1 rings (SSSR count). The number of nitrogens with zero attached hydrogens (tertiary/aromatic N) is 1. The molecule has 0 amide bonds. The summed E-state index contributed by atoms with van der Waals surface area (Å²) in [5.41, 5.74) is 5.30. The molecule has 14 heavy (non-hydrogen) atoms. The second-order valence-corrected chi connectivity index (χ2v) is 5.95. The van der Waals surface area contributed by atoms with Crippen LogP contribution in [0.25, 0.3) is 0 Å². The molecule has 2 N–H and O–H groups in total. The molecule has 0 aromatic carbocycles. The molecule has 1 unspecified atom stereocenters. The predicted molar refractivity (Wildman–Crippen MR) is 57.5 cm³/mol. The van der Waals surface area contributed by atoms with Crippen LogP contribution in [0.2, 0.25) is 0 Å². The zero-order valence-corrected chi connectivity index (χ0v) is 9.59. The maximum atomic E-state index is 11.8. The van der Waals surface area contributed by atoms with E-state index in [-0.39, 0.29) is 18.3 Å². The van der Waals surface area contributed by atoms with Crippen molar-refractivity contribution in [3.8, 4) is 0 Å². The zero-order valence-electron chi connectivity index (χ0n) is 8.78. The summed E-state index contributed by atoms with van der Waals surface area (Å²) < 4.78 is 25.2. The Morgan fingerprint density at radius 2 is 2.07 bits per heavy atom. The Hall–Kier alpha value is -0.130. The highest BCUT2D eigenvalue weighted by Gasteiger charge is 2.27. The third kappa shape index (κ3) is 2.93. The molecule has 1 heterocycles. The van der Waals surface area contributed by atoms with Crippen LogP contribution in [0.5, 0.6) is 0 Å². The fourth-order valence-corrected chi connectivity index (χ4v) is 3.52. The van der Waals surface area contributed by atoms with Gasteiger partial charge in [0, 0.05) is 19.1 Å². The lowest BCUT2D eigenvalue weighted by atomic mass is 10.1. The van der Waals surface area contributed by atoms with Gasteiger partial charge in [-0.1, -0.05) is 12.8 Å². The molecular formula is C9H20N2O2S. The minimum atomic E-state index is -3.10. The lowest BCUT2D eigenvalue weighted by Crippen LogP contribution is -2.41. The first-order valence-corrected chi connectivity index (χ1v) is 6.88. The molecule has 1 saturated heterocycles. The third-order valence-electron chi connectivity index (χ3n) is 2.73. The zero-order chi connectivity index (χ0) is 10.6. The first kappa shape index (κ1) is 11.9. The molecule has 5 heteroatoms. The Kier molecular flexibility index (Phi) is 4.34. The van der Waals surface area contributed by atoms with E-state index in [0.29, 0.717) is 6.54 Å². The van der Waals surface area contributed by atoms with E-state index in [0.717, 1.165) is 25.7 Å². The van der Waals surface area contributed by atoms with Gasteiger partial charge in [-0.2, -0.15) is 4.31 Å². The summed E-state index contributed by atoms with van der Waals surface area (Å²) in [4.78, 5) is 0. The Morgan fingerprint density at radius 1 is 1.36 bits per heavy atom. The van der Waals surface area contributed by atoms with Gasteiger partial charge in [-0.15, -0.1) is 0 Å². The first-order valence-electron chi connectivity index (χ1n) is 5.27. The van der Waals surface area contributed by atoms with Crippen molar-refractivity contribution in [2.45, 2.75) is 38.6 Å². The number of rotatable bonds is 3. The minimum absolute atomic E-state index is 0.0807. The first-order chi connectivity index (χ1) is 6.58. The fraction of sp³-hybridized carbons (Fsp3) is 1.00. The predicted octanol–water partition coefficient (Wildman–Crippen LogP) is 0.539. The SMILES string of the molecule is CC1CCCCCN1S(=O)(=O)CCN. The van der Waals surface area contributed by atoms with Crippen LogP contribution in [-0.4, -0.2) is 37.6 Å². The van der Waals surface area contributed by atoms with E-state index in [1.165, 1.54) is 0 Å². The monoisotopic (exact) mass is 220 g/mol. The van der Waals surface area contributed by atoms with Gasteiger partial charge >= 0.3 is 0 Å². The average Bonchev–Trinajstić information content (AvgIpc) is 2.29. The summed E-state index contributed by atoms with van der Waals surface area (Å²) in [5.74, 6) is 0.0807. The molecule has 0 aromatic heterocycles. The summed E-state index contributed by atoms with van der Waals surface area (Å²) >= 11 is 0. The summed E-state index contributed by atoms with van der Waals surface area (Å²) in [6.45, 7) is 2.87. The van der Waals surface area contributed by atoms with Crippen LogP contribution in [0.1, 0.15) is 32.6 Å². The highest BCUT2D eigenvalue weighted by molar-refractivity contribution is 7.89. The van der Waals surface area contributed by atoms with Crippen LogP contribution in [0.4, 0.5) is 0 Å². The van der Waals surface area contributed by atoms with E-state index in [9.17, 15) is 8.42 Å². The summed E-state index contributed by atoms with van der Waals surface area (Å²) in [5, 5.41) is 0. The van der Waals surface area contributed by atoms with Crippen molar-refractivity contribution in [1.29, 1.82) is 0 Å². The van der Waals surface area contributed by atoms with Crippen LogP contribution in [0, 0.1) is 0 Å². The standard InChI is InChI=1S/C9H20N2O2S/c1-9-5-3-2-4-7-11(9)14(12,13)8-6-10/h9H,2-8,10H2,1H3. The molecule has 84 valence electrons. The maximum absolute atomic E-state index is 11.8. The van der Waals surface area contributed by atoms with Gasteiger partial charge < -0.3 is 5.73 Å². The van der Waals surface area contributed by atoms with Gasteiger partial charge in [0.1, 0.15) is 0 Å².